The Morgan fingerprint density at radius 1 is 1.33 bits per heavy atom. The third-order valence-electron chi connectivity index (χ3n) is 3.37. The topological polar surface area (TPSA) is 88.5 Å². The smallest absolute Gasteiger partial charge is 0.314 e. The van der Waals surface area contributed by atoms with Gasteiger partial charge >= 0.3 is 5.97 Å². The Morgan fingerprint density at radius 2 is 1.89 bits per heavy atom. The Balaban J connectivity index is 3.10. The molecule has 2 atom stereocenters. The molecular weight excluding hydrogens is 236 g/mol. The van der Waals surface area contributed by atoms with Crippen LogP contribution < -0.4 is 0 Å². The molecule has 1 rings (SSSR count). The van der Waals surface area contributed by atoms with Crippen molar-refractivity contribution in [2.45, 2.75) is 40.0 Å². The van der Waals surface area contributed by atoms with Gasteiger partial charge in [0.25, 0.3) is 0 Å². The molecule has 0 spiro atoms. The van der Waals surface area contributed by atoms with Crippen molar-refractivity contribution in [3.63, 3.8) is 0 Å². The molecule has 18 heavy (non-hydrogen) atoms. The maximum atomic E-state index is 12.1. The quantitative estimate of drug-likeness (QED) is 0.762. The number of hydrogen-bond donors (Lipinski definition) is 1. The zero-order valence-corrected chi connectivity index (χ0v) is 10.9. The first-order valence-electron chi connectivity index (χ1n) is 6.04. The van der Waals surface area contributed by atoms with Crippen molar-refractivity contribution < 1.29 is 24.3 Å². The fourth-order valence-corrected chi connectivity index (χ4v) is 2.55. The Hall–Kier alpha value is -1.52. The highest BCUT2D eigenvalue weighted by Crippen LogP contribution is 2.39. The maximum Gasteiger partial charge on any atom is 0.314 e. The molecule has 1 fully saturated rings. The Labute approximate surface area is 106 Å². The van der Waals surface area contributed by atoms with Gasteiger partial charge in [0.1, 0.15) is 11.8 Å². The summed E-state index contributed by atoms with van der Waals surface area (Å²) in [5.41, 5.74) is -0.928. The number of aliphatic carboxylic acids is 1. The molecule has 0 aromatic rings. The van der Waals surface area contributed by atoms with Crippen molar-refractivity contribution in [1.82, 2.24) is 0 Å². The van der Waals surface area contributed by atoms with Gasteiger partial charge < -0.3 is 5.11 Å². The molecule has 1 saturated carbocycles. The zero-order valence-electron chi connectivity index (χ0n) is 10.9. The standard InChI is InChI=1S/C13H18O5/c1-4-5-7(14)9-8(15)6-13(2,3)10(11(9)16)12(17)18/h9-10H,4-6H2,1-3H3,(H,17,18). The summed E-state index contributed by atoms with van der Waals surface area (Å²) >= 11 is 0. The first-order valence-corrected chi connectivity index (χ1v) is 6.04. The summed E-state index contributed by atoms with van der Waals surface area (Å²) in [5.74, 6) is -5.54. The second-order valence-corrected chi connectivity index (χ2v) is 5.45. The first-order chi connectivity index (χ1) is 8.22. The molecule has 0 bridgehead atoms. The van der Waals surface area contributed by atoms with Gasteiger partial charge in [-0.2, -0.15) is 0 Å². The molecule has 0 radical (unpaired) electrons. The van der Waals surface area contributed by atoms with Crippen LogP contribution in [0.3, 0.4) is 0 Å². The van der Waals surface area contributed by atoms with Crippen LogP contribution in [0.2, 0.25) is 0 Å². The van der Waals surface area contributed by atoms with Gasteiger partial charge in [-0.3, -0.25) is 19.2 Å². The highest BCUT2D eigenvalue weighted by molar-refractivity contribution is 6.24. The lowest BCUT2D eigenvalue weighted by atomic mass is 9.63. The van der Waals surface area contributed by atoms with E-state index in [4.69, 9.17) is 5.11 Å². The molecule has 0 heterocycles. The SMILES string of the molecule is CCCC(=O)C1C(=O)CC(C)(C)C(C(=O)O)C1=O. The van der Waals surface area contributed by atoms with Crippen molar-refractivity contribution in [3.8, 4) is 0 Å². The van der Waals surface area contributed by atoms with Gasteiger partial charge in [-0.1, -0.05) is 20.8 Å². The lowest BCUT2D eigenvalue weighted by Gasteiger charge is -2.36. The predicted molar refractivity (Wildman–Crippen MR) is 62.9 cm³/mol. The van der Waals surface area contributed by atoms with E-state index in [9.17, 15) is 19.2 Å². The molecule has 0 amide bonds. The summed E-state index contributed by atoms with van der Waals surface area (Å²) in [6.45, 7) is 4.92. The Morgan fingerprint density at radius 3 is 2.33 bits per heavy atom. The highest BCUT2D eigenvalue weighted by Gasteiger charge is 2.53. The summed E-state index contributed by atoms with van der Waals surface area (Å²) in [6, 6.07) is 0. The molecule has 0 aromatic heterocycles. The van der Waals surface area contributed by atoms with E-state index >= 15 is 0 Å². The van der Waals surface area contributed by atoms with Crippen molar-refractivity contribution >= 4 is 23.3 Å². The fraction of sp³-hybridized carbons (Fsp3) is 0.692. The number of carbonyl (C=O) groups excluding carboxylic acids is 3. The van der Waals surface area contributed by atoms with Crippen molar-refractivity contribution in [1.29, 1.82) is 0 Å². The number of ketones is 3. The van der Waals surface area contributed by atoms with E-state index < -0.39 is 40.6 Å². The van der Waals surface area contributed by atoms with Crippen molar-refractivity contribution in [2.75, 3.05) is 0 Å². The highest BCUT2D eigenvalue weighted by atomic mass is 16.4. The van der Waals surface area contributed by atoms with Crippen LogP contribution >= 0.6 is 0 Å². The van der Waals surface area contributed by atoms with Gasteiger partial charge in [0.2, 0.25) is 0 Å². The maximum absolute atomic E-state index is 12.1. The van der Waals surface area contributed by atoms with E-state index in [2.05, 4.69) is 0 Å². The minimum absolute atomic E-state index is 0.0458. The number of carboxylic acids is 1. The number of carboxylic acid groups (broad SMARTS) is 1. The van der Waals surface area contributed by atoms with Crippen LogP contribution in [0.25, 0.3) is 0 Å². The van der Waals surface area contributed by atoms with Gasteiger partial charge in [0.15, 0.2) is 17.3 Å². The van der Waals surface area contributed by atoms with Crippen molar-refractivity contribution in [2.24, 2.45) is 17.3 Å². The molecule has 2 unspecified atom stereocenters. The number of carbonyl (C=O) groups is 4. The second kappa shape index (κ2) is 5.00. The molecule has 0 aromatic carbocycles. The normalized spacial score (nSPS) is 27.1. The molecule has 5 nitrogen and oxygen atoms in total. The average molecular weight is 254 g/mol. The van der Waals surface area contributed by atoms with Crippen LogP contribution in [0, 0.1) is 17.3 Å². The average Bonchev–Trinajstić information content (AvgIpc) is 2.13. The molecule has 100 valence electrons. The third kappa shape index (κ3) is 2.49. The number of hydrogen-bond acceptors (Lipinski definition) is 4. The van der Waals surface area contributed by atoms with E-state index in [1.807, 2.05) is 0 Å². The lowest BCUT2D eigenvalue weighted by molar-refractivity contribution is -0.159. The van der Waals surface area contributed by atoms with Gasteiger partial charge in [0, 0.05) is 12.8 Å². The van der Waals surface area contributed by atoms with E-state index in [1.54, 1.807) is 20.8 Å². The van der Waals surface area contributed by atoms with Crippen LogP contribution in [0.15, 0.2) is 0 Å². The fourth-order valence-electron chi connectivity index (χ4n) is 2.55. The zero-order chi connectivity index (χ0) is 14.1. The minimum atomic E-state index is -1.36. The molecule has 0 saturated heterocycles. The largest absolute Gasteiger partial charge is 0.481 e. The minimum Gasteiger partial charge on any atom is -0.481 e. The number of Topliss-reactive ketones (excluding diaryl/α,β-unsaturated/α-hetero) is 3. The van der Waals surface area contributed by atoms with Crippen LogP contribution in [0.5, 0.6) is 0 Å². The second-order valence-electron chi connectivity index (χ2n) is 5.45. The van der Waals surface area contributed by atoms with Crippen LogP contribution in [-0.2, 0) is 19.2 Å². The Bertz CT molecular complexity index is 408. The van der Waals surface area contributed by atoms with Crippen molar-refractivity contribution in [3.05, 3.63) is 0 Å². The molecular formula is C13H18O5. The van der Waals surface area contributed by atoms with Crippen LogP contribution in [0.4, 0.5) is 0 Å². The monoisotopic (exact) mass is 254 g/mol. The molecule has 5 heteroatoms. The van der Waals surface area contributed by atoms with Gasteiger partial charge in [0.05, 0.1) is 0 Å². The third-order valence-corrected chi connectivity index (χ3v) is 3.37. The summed E-state index contributed by atoms with van der Waals surface area (Å²) < 4.78 is 0. The molecule has 1 aliphatic carbocycles. The Kier molecular flexibility index (Phi) is 4.04. The summed E-state index contributed by atoms with van der Waals surface area (Å²) in [7, 11) is 0. The summed E-state index contributed by atoms with van der Waals surface area (Å²) in [5, 5.41) is 9.12. The van der Waals surface area contributed by atoms with E-state index in [0.29, 0.717) is 6.42 Å². The molecule has 0 aliphatic heterocycles. The summed E-state index contributed by atoms with van der Waals surface area (Å²) in [6.07, 6.45) is 0.627. The van der Waals surface area contributed by atoms with E-state index in [1.165, 1.54) is 0 Å². The van der Waals surface area contributed by atoms with Gasteiger partial charge in [-0.25, -0.2) is 0 Å². The molecule has 1 aliphatic rings. The van der Waals surface area contributed by atoms with Gasteiger partial charge in [-0.05, 0) is 11.8 Å². The first kappa shape index (κ1) is 14.5. The lowest BCUT2D eigenvalue weighted by Crippen LogP contribution is -2.51. The predicted octanol–water partition coefficient (Wildman–Crippen LogP) is 1.24. The van der Waals surface area contributed by atoms with Gasteiger partial charge in [-0.15, -0.1) is 0 Å². The molecule has 1 N–H and O–H groups in total. The van der Waals surface area contributed by atoms with E-state index in [-0.39, 0.29) is 12.8 Å². The number of rotatable bonds is 4. The van der Waals surface area contributed by atoms with Crippen LogP contribution in [-0.4, -0.2) is 28.4 Å². The van der Waals surface area contributed by atoms with Crippen LogP contribution in [0.1, 0.15) is 40.0 Å². The van der Waals surface area contributed by atoms with E-state index in [0.717, 1.165) is 0 Å². The summed E-state index contributed by atoms with van der Waals surface area (Å²) in [4.78, 5) is 46.9.